The summed E-state index contributed by atoms with van der Waals surface area (Å²) in [6.07, 6.45) is 5.09. The third-order valence-electron chi connectivity index (χ3n) is 5.06. The van der Waals surface area contributed by atoms with Crippen LogP contribution in [0.1, 0.15) is 43.0 Å². The summed E-state index contributed by atoms with van der Waals surface area (Å²) < 4.78 is 9.16. The van der Waals surface area contributed by atoms with Gasteiger partial charge < -0.3 is 14.4 Å². The molecule has 1 heterocycles. The molecule has 0 aromatic heterocycles. The van der Waals surface area contributed by atoms with Crippen molar-refractivity contribution in [1.29, 1.82) is 0 Å². The van der Waals surface area contributed by atoms with E-state index in [1.807, 2.05) is 36.4 Å². The minimum atomic E-state index is -0.0445. The molecule has 0 unspecified atom stereocenters. The normalized spacial score (nSPS) is 14.2. The molecule has 2 aromatic carbocycles. The smallest absolute Gasteiger partial charge is 0.186 e. The molecule has 0 spiro atoms. The summed E-state index contributed by atoms with van der Waals surface area (Å²) in [5.74, 6) is 1.05. The van der Waals surface area contributed by atoms with Crippen LogP contribution in [0.5, 0.6) is 5.75 Å². The quantitative estimate of drug-likeness (QED) is 0.270. The van der Waals surface area contributed by atoms with Crippen LogP contribution in [0.25, 0.3) is 0 Å². The number of likely N-dealkylation sites (tertiary alicyclic amines) is 1. The first-order valence-corrected chi connectivity index (χ1v) is 12.5. The summed E-state index contributed by atoms with van der Waals surface area (Å²) in [7, 11) is 0. The molecule has 0 aliphatic carbocycles. The lowest BCUT2D eigenvalue weighted by molar-refractivity contribution is -0.109. The van der Waals surface area contributed by atoms with Gasteiger partial charge in [-0.2, -0.15) is 0 Å². The first-order valence-electron chi connectivity index (χ1n) is 10.7. The summed E-state index contributed by atoms with van der Waals surface area (Å²) >= 11 is 2.55. The molecule has 1 aliphatic heterocycles. The van der Waals surface area contributed by atoms with E-state index in [0.29, 0.717) is 5.56 Å². The number of piperidine rings is 1. The molecule has 0 radical (unpaired) electrons. The number of carbonyl (C=O) groups is 2. The Kier molecular flexibility index (Phi) is 9.78. The van der Waals surface area contributed by atoms with E-state index in [9.17, 15) is 9.59 Å². The fraction of sp³-hybridized carbons (Fsp3) is 0.417. The maximum Gasteiger partial charge on any atom is 0.186 e. The van der Waals surface area contributed by atoms with Crippen LogP contribution in [-0.2, 0) is 4.79 Å². The topological polar surface area (TPSA) is 58.6 Å². The van der Waals surface area contributed by atoms with E-state index in [2.05, 4.69) is 9.62 Å². The first kappa shape index (κ1) is 23.7. The van der Waals surface area contributed by atoms with E-state index in [0.717, 1.165) is 47.7 Å². The summed E-state index contributed by atoms with van der Waals surface area (Å²) in [5, 5.41) is -0.0445. The van der Waals surface area contributed by atoms with E-state index in [-0.39, 0.29) is 16.7 Å². The Morgan fingerprint density at radius 1 is 1.00 bits per heavy atom. The molecule has 0 atom stereocenters. The Morgan fingerprint density at radius 2 is 1.71 bits per heavy atom. The number of ketones is 1. The summed E-state index contributed by atoms with van der Waals surface area (Å²) in [4.78, 5) is 26.6. The average Bonchev–Trinajstić information content (AvgIpc) is 2.80. The largest absolute Gasteiger partial charge is 0.494 e. The molecule has 166 valence electrons. The second kappa shape index (κ2) is 12.8. The summed E-state index contributed by atoms with van der Waals surface area (Å²) in [5.41, 5.74) is 1.53. The maximum atomic E-state index is 12.0. The fourth-order valence-corrected chi connectivity index (χ4v) is 4.50. The van der Waals surface area contributed by atoms with Gasteiger partial charge in [0.15, 0.2) is 10.9 Å². The van der Waals surface area contributed by atoms with E-state index >= 15 is 0 Å². The zero-order chi connectivity index (χ0) is 21.9. The standard InChI is InChI=1S/C24H30N2O3S2/c1-19(27)30-18-24(28)20-6-8-21(9-7-20)25-31-23-12-10-22(11-13-23)29-17-5-16-26-14-3-2-4-15-26/h6-13,25H,2-5,14-18H2,1H3. The third kappa shape index (κ3) is 8.59. The molecule has 0 saturated carbocycles. The maximum absolute atomic E-state index is 12.0. The molecule has 3 rings (SSSR count). The molecule has 0 amide bonds. The first-order chi connectivity index (χ1) is 15.1. The van der Waals surface area contributed by atoms with Gasteiger partial charge >= 0.3 is 0 Å². The molecule has 1 fully saturated rings. The Bertz CT molecular complexity index is 835. The van der Waals surface area contributed by atoms with Gasteiger partial charge in [0.25, 0.3) is 0 Å². The average molecular weight is 459 g/mol. The van der Waals surface area contributed by atoms with Gasteiger partial charge in [-0.3, -0.25) is 9.59 Å². The highest BCUT2D eigenvalue weighted by Gasteiger charge is 2.09. The monoisotopic (exact) mass is 458 g/mol. The number of Topliss-reactive ketones (excluding diaryl/α,β-unsaturated/α-hetero) is 1. The number of hydrogen-bond acceptors (Lipinski definition) is 7. The van der Waals surface area contributed by atoms with Crippen molar-refractivity contribution in [3.05, 3.63) is 54.1 Å². The van der Waals surface area contributed by atoms with Crippen LogP contribution in [-0.4, -0.2) is 47.8 Å². The molecular formula is C24H30N2O3S2. The number of nitrogens with zero attached hydrogens (tertiary/aromatic N) is 1. The molecule has 2 aromatic rings. The van der Waals surface area contributed by atoms with Gasteiger partial charge in [0.1, 0.15) is 5.75 Å². The summed E-state index contributed by atoms with van der Waals surface area (Å²) in [6, 6.07) is 15.4. The van der Waals surface area contributed by atoms with Crippen molar-refractivity contribution >= 4 is 40.3 Å². The molecule has 1 N–H and O–H groups in total. The second-order valence-corrected chi connectivity index (χ2v) is 9.59. The lowest BCUT2D eigenvalue weighted by Gasteiger charge is -2.26. The van der Waals surface area contributed by atoms with Gasteiger partial charge in [-0.15, -0.1) is 0 Å². The molecule has 1 saturated heterocycles. The minimum Gasteiger partial charge on any atom is -0.494 e. The highest BCUT2D eigenvalue weighted by Crippen LogP contribution is 2.24. The number of carbonyl (C=O) groups excluding carboxylic acids is 2. The van der Waals surface area contributed by atoms with Crippen molar-refractivity contribution in [2.45, 2.75) is 37.5 Å². The number of benzene rings is 2. The van der Waals surface area contributed by atoms with Gasteiger partial charge in [0.2, 0.25) is 0 Å². The van der Waals surface area contributed by atoms with E-state index < -0.39 is 0 Å². The highest BCUT2D eigenvalue weighted by molar-refractivity contribution is 8.14. The van der Waals surface area contributed by atoms with Crippen molar-refractivity contribution < 1.29 is 14.3 Å². The third-order valence-corrected chi connectivity index (χ3v) is 6.72. The lowest BCUT2D eigenvalue weighted by Crippen LogP contribution is -2.31. The number of hydrogen-bond donors (Lipinski definition) is 1. The van der Waals surface area contributed by atoms with Crippen LogP contribution in [0.4, 0.5) is 5.69 Å². The van der Waals surface area contributed by atoms with Crippen LogP contribution >= 0.6 is 23.7 Å². The molecule has 1 aliphatic rings. The Hall–Kier alpha value is -1.96. The van der Waals surface area contributed by atoms with E-state index in [1.165, 1.54) is 51.2 Å². The number of rotatable bonds is 11. The molecule has 7 heteroatoms. The molecule has 31 heavy (non-hydrogen) atoms. The van der Waals surface area contributed by atoms with Gasteiger partial charge in [-0.1, -0.05) is 18.2 Å². The van der Waals surface area contributed by atoms with Gasteiger partial charge in [-0.25, -0.2) is 0 Å². The predicted molar refractivity (Wildman–Crippen MR) is 130 cm³/mol. The van der Waals surface area contributed by atoms with Crippen LogP contribution in [0.3, 0.4) is 0 Å². The minimum absolute atomic E-state index is 0.0362. The number of anilines is 1. The molecule has 0 bridgehead atoms. The van der Waals surface area contributed by atoms with E-state index in [1.54, 1.807) is 12.1 Å². The zero-order valence-corrected chi connectivity index (χ0v) is 19.6. The van der Waals surface area contributed by atoms with Crippen molar-refractivity contribution in [2.75, 3.05) is 36.7 Å². The lowest BCUT2D eigenvalue weighted by atomic mass is 10.1. The Morgan fingerprint density at radius 3 is 2.39 bits per heavy atom. The Labute approximate surface area is 193 Å². The summed E-state index contributed by atoms with van der Waals surface area (Å²) in [6.45, 7) is 5.81. The van der Waals surface area contributed by atoms with Gasteiger partial charge in [0, 0.05) is 29.6 Å². The SMILES string of the molecule is CC(=O)SCC(=O)c1ccc(NSc2ccc(OCCCN3CCCCC3)cc2)cc1. The number of ether oxygens (including phenoxy) is 1. The van der Waals surface area contributed by atoms with Gasteiger partial charge in [-0.05, 0) is 92.8 Å². The van der Waals surface area contributed by atoms with Crippen LogP contribution in [0.2, 0.25) is 0 Å². The zero-order valence-electron chi connectivity index (χ0n) is 18.0. The second-order valence-electron chi connectivity index (χ2n) is 7.56. The predicted octanol–water partition coefficient (Wildman–Crippen LogP) is 5.52. The fourth-order valence-electron chi connectivity index (χ4n) is 3.36. The van der Waals surface area contributed by atoms with Crippen molar-refractivity contribution in [1.82, 2.24) is 4.90 Å². The molecular weight excluding hydrogens is 428 g/mol. The molecule has 5 nitrogen and oxygen atoms in total. The van der Waals surface area contributed by atoms with Crippen molar-refractivity contribution in [3.8, 4) is 5.75 Å². The van der Waals surface area contributed by atoms with Gasteiger partial charge in [0.05, 0.1) is 12.4 Å². The number of thioether (sulfide) groups is 1. The van der Waals surface area contributed by atoms with Crippen molar-refractivity contribution in [2.24, 2.45) is 0 Å². The van der Waals surface area contributed by atoms with Crippen LogP contribution < -0.4 is 9.46 Å². The van der Waals surface area contributed by atoms with E-state index in [4.69, 9.17) is 4.74 Å². The van der Waals surface area contributed by atoms with Crippen molar-refractivity contribution in [3.63, 3.8) is 0 Å². The van der Waals surface area contributed by atoms with Crippen LogP contribution in [0, 0.1) is 0 Å². The van der Waals surface area contributed by atoms with Crippen LogP contribution in [0.15, 0.2) is 53.4 Å². The Balaban J connectivity index is 1.36. The number of nitrogens with one attached hydrogen (secondary N) is 1. The highest BCUT2D eigenvalue weighted by atomic mass is 32.2.